The van der Waals surface area contributed by atoms with E-state index in [0.717, 1.165) is 16.3 Å². The Morgan fingerprint density at radius 3 is 1.82 bits per heavy atom. The van der Waals surface area contributed by atoms with Crippen LogP contribution in [0.1, 0.15) is 26.7 Å². The van der Waals surface area contributed by atoms with Crippen molar-refractivity contribution in [3.8, 4) is 0 Å². The molecule has 1 fully saturated rings. The van der Waals surface area contributed by atoms with Gasteiger partial charge in [-0.25, -0.2) is 0 Å². The van der Waals surface area contributed by atoms with Crippen molar-refractivity contribution in [3.63, 3.8) is 0 Å². The first-order valence-corrected chi connectivity index (χ1v) is 4.78. The van der Waals surface area contributed by atoms with E-state index in [-0.39, 0.29) is 0 Å². The van der Waals surface area contributed by atoms with E-state index < -0.39 is 0 Å². The molecule has 0 radical (unpaired) electrons. The van der Waals surface area contributed by atoms with E-state index in [1.165, 1.54) is 25.9 Å². The monoisotopic (exact) mass is 155 g/mol. The topological polar surface area (TPSA) is 0 Å². The van der Waals surface area contributed by atoms with Gasteiger partial charge in [-0.1, -0.05) is 13.8 Å². The molecular weight excluding hydrogens is 134 g/mol. The highest BCUT2D eigenvalue weighted by Crippen LogP contribution is 2.31. The van der Waals surface area contributed by atoms with Crippen molar-refractivity contribution < 1.29 is 4.48 Å². The van der Waals surface area contributed by atoms with Gasteiger partial charge in [0, 0.05) is 18.9 Å². The van der Waals surface area contributed by atoms with E-state index in [1.54, 1.807) is 0 Å². The number of likely N-dealkylation sites (tertiary alicyclic amines) is 1. The van der Waals surface area contributed by atoms with Gasteiger partial charge in [-0.2, -0.15) is 0 Å². The number of quaternary nitrogens is 1. The summed E-state index contributed by atoms with van der Waals surface area (Å²) in [4.78, 5) is 0. The lowest BCUT2D eigenvalue weighted by Crippen LogP contribution is -2.34. The summed E-state index contributed by atoms with van der Waals surface area (Å²) >= 11 is 0. The Hall–Kier alpha value is -0.0400. The van der Waals surface area contributed by atoms with Gasteiger partial charge < -0.3 is 4.48 Å². The third kappa shape index (κ3) is 1.96. The van der Waals surface area contributed by atoms with E-state index >= 15 is 0 Å². The second kappa shape index (κ2) is 3.14. The molecule has 0 aliphatic carbocycles. The van der Waals surface area contributed by atoms with Gasteiger partial charge in [-0.15, -0.1) is 7.05 Å². The molecule has 1 heterocycles. The smallest absolute Gasteiger partial charge is 0.0576 e. The molecule has 1 nitrogen and oxygen atoms in total. The Morgan fingerprint density at radius 2 is 1.55 bits per heavy atom. The second-order valence-corrected chi connectivity index (χ2v) is 4.32. The average Bonchev–Trinajstić information content (AvgIpc) is 2.25. The second-order valence-electron chi connectivity index (χ2n) is 4.32. The molecule has 1 rings (SSSR count). The molecule has 1 saturated heterocycles. The molecule has 0 aromatic heterocycles. The van der Waals surface area contributed by atoms with E-state index in [2.05, 4.69) is 27.9 Å². The van der Waals surface area contributed by atoms with Crippen LogP contribution in [0.5, 0.6) is 0 Å². The molecule has 0 amide bonds. The minimum atomic E-state index is 0.933. The van der Waals surface area contributed by atoms with E-state index in [1.807, 2.05) is 0 Å². The van der Waals surface area contributed by atoms with Crippen LogP contribution in [0, 0.1) is 18.9 Å². The molecule has 0 spiro atoms. The number of rotatable bonds is 2. The third-order valence-corrected chi connectivity index (χ3v) is 3.07. The Bertz CT molecular complexity index is 115. The fourth-order valence-corrected chi connectivity index (χ4v) is 2.43. The molecule has 0 N–H and O–H groups in total. The summed E-state index contributed by atoms with van der Waals surface area (Å²) in [5, 5.41) is 0. The van der Waals surface area contributed by atoms with Crippen molar-refractivity contribution in [1.82, 2.24) is 0 Å². The Balaban J connectivity index is 2.55. The van der Waals surface area contributed by atoms with Crippen LogP contribution in [0.25, 0.3) is 0 Å². The van der Waals surface area contributed by atoms with Crippen molar-refractivity contribution in [2.75, 3.05) is 20.1 Å². The van der Waals surface area contributed by atoms with Crippen LogP contribution >= 0.6 is 0 Å². The standard InChI is InChI=1S/C10H21N/c1-5-9-7-11(3,4)8-10(9)6-2/h9-10H,3,5-8H2,1-2,4H3. The van der Waals surface area contributed by atoms with Gasteiger partial charge in [0.15, 0.2) is 0 Å². The molecule has 0 saturated carbocycles. The lowest BCUT2D eigenvalue weighted by molar-refractivity contribution is -0.856. The van der Waals surface area contributed by atoms with Crippen LogP contribution in [-0.2, 0) is 0 Å². The van der Waals surface area contributed by atoms with Gasteiger partial charge in [0.1, 0.15) is 0 Å². The maximum atomic E-state index is 4.20. The molecule has 1 heteroatoms. The fourth-order valence-electron chi connectivity index (χ4n) is 2.43. The molecule has 2 atom stereocenters. The average molecular weight is 155 g/mol. The Kier molecular flexibility index (Phi) is 2.58. The maximum Gasteiger partial charge on any atom is 0.0576 e. The molecule has 66 valence electrons. The Labute approximate surface area is 71.0 Å². The molecule has 2 unspecified atom stereocenters. The summed E-state index contributed by atoms with van der Waals surface area (Å²) in [6.07, 6.45) is 2.67. The SMILES string of the molecule is [CH2-][N+]1(C)CC(CC)C(CC)C1. The van der Waals surface area contributed by atoms with E-state index in [0.29, 0.717) is 0 Å². The number of hydrogen-bond donors (Lipinski definition) is 0. The number of hydrogen-bond acceptors (Lipinski definition) is 0. The van der Waals surface area contributed by atoms with Gasteiger partial charge in [-0.05, 0) is 12.8 Å². The lowest BCUT2D eigenvalue weighted by atomic mass is 9.92. The van der Waals surface area contributed by atoms with Crippen LogP contribution in [0.15, 0.2) is 0 Å². The first kappa shape index (κ1) is 9.05. The Morgan fingerprint density at radius 1 is 1.18 bits per heavy atom. The third-order valence-electron chi connectivity index (χ3n) is 3.07. The molecular formula is C10H21N. The summed E-state index contributed by atoms with van der Waals surface area (Å²) < 4.78 is 0.997. The van der Waals surface area contributed by atoms with Gasteiger partial charge in [0.05, 0.1) is 13.1 Å². The van der Waals surface area contributed by atoms with Crippen LogP contribution in [0.3, 0.4) is 0 Å². The zero-order valence-corrected chi connectivity index (χ0v) is 8.14. The summed E-state index contributed by atoms with van der Waals surface area (Å²) in [6, 6.07) is 0. The number of nitrogens with zero attached hydrogens (tertiary/aromatic N) is 1. The van der Waals surface area contributed by atoms with E-state index in [4.69, 9.17) is 0 Å². The van der Waals surface area contributed by atoms with Crippen LogP contribution in [0.4, 0.5) is 0 Å². The predicted octanol–water partition coefficient (Wildman–Crippen LogP) is 2.29. The van der Waals surface area contributed by atoms with Crippen LogP contribution in [0.2, 0.25) is 0 Å². The van der Waals surface area contributed by atoms with Gasteiger partial charge in [-0.3, -0.25) is 0 Å². The molecule has 0 bridgehead atoms. The fraction of sp³-hybridized carbons (Fsp3) is 0.900. The van der Waals surface area contributed by atoms with Crippen molar-refractivity contribution in [2.24, 2.45) is 11.8 Å². The van der Waals surface area contributed by atoms with Crippen molar-refractivity contribution in [1.29, 1.82) is 0 Å². The molecule has 0 aromatic rings. The maximum absolute atomic E-state index is 4.20. The highest BCUT2D eigenvalue weighted by molar-refractivity contribution is 4.73. The molecule has 1 aliphatic heterocycles. The summed E-state index contributed by atoms with van der Waals surface area (Å²) in [5.74, 6) is 1.87. The van der Waals surface area contributed by atoms with Gasteiger partial charge in [0.2, 0.25) is 0 Å². The molecule has 11 heavy (non-hydrogen) atoms. The quantitative estimate of drug-likeness (QED) is 0.424. The van der Waals surface area contributed by atoms with Gasteiger partial charge >= 0.3 is 0 Å². The van der Waals surface area contributed by atoms with Gasteiger partial charge in [0.25, 0.3) is 0 Å². The zero-order chi connectivity index (χ0) is 8.48. The first-order chi connectivity index (χ1) is 5.09. The summed E-state index contributed by atoms with van der Waals surface area (Å²) in [6.45, 7) is 7.18. The normalized spacial score (nSPS) is 44.7. The predicted molar refractivity (Wildman–Crippen MR) is 48.8 cm³/mol. The summed E-state index contributed by atoms with van der Waals surface area (Å²) in [5.41, 5.74) is 0. The molecule has 0 aromatic carbocycles. The first-order valence-electron chi connectivity index (χ1n) is 4.78. The lowest BCUT2D eigenvalue weighted by Gasteiger charge is -2.33. The highest BCUT2D eigenvalue weighted by Gasteiger charge is 2.33. The minimum absolute atomic E-state index is 0.933. The zero-order valence-electron chi connectivity index (χ0n) is 8.14. The van der Waals surface area contributed by atoms with Crippen LogP contribution in [-0.4, -0.2) is 24.6 Å². The van der Waals surface area contributed by atoms with Crippen molar-refractivity contribution in [3.05, 3.63) is 7.05 Å². The minimum Gasteiger partial charge on any atom is -0.459 e. The molecule has 1 aliphatic rings. The van der Waals surface area contributed by atoms with Crippen LogP contribution < -0.4 is 0 Å². The van der Waals surface area contributed by atoms with Crippen molar-refractivity contribution >= 4 is 0 Å². The highest BCUT2D eigenvalue weighted by atomic mass is 15.3. The van der Waals surface area contributed by atoms with Crippen molar-refractivity contribution in [2.45, 2.75) is 26.7 Å². The summed E-state index contributed by atoms with van der Waals surface area (Å²) in [7, 11) is 6.45. The largest absolute Gasteiger partial charge is 0.459 e. The van der Waals surface area contributed by atoms with E-state index in [9.17, 15) is 0 Å².